The summed E-state index contributed by atoms with van der Waals surface area (Å²) >= 11 is -4.47. The second-order valence-electron chi connectivity index (χ2n) is 14.6. The summed E-state index contributed by atoms with van der Waals surface area (Å²) in [5.41, 5.74) is 8.91. The van der Waals surface area contributed by atoms with Crippen molar-refractivity contribution < 1.29 is 18.0 Å². The van der Waals surface area contributed by atoms with Gasteiger partial charge >= 0.3 is 246 Å². The Bertz CT molecular complexity index is 1470. The van der Waals surface area contributed by atoms with Crippen LogP contribution < -0.4 is 3.32 Å². The van der Waals surface area contributed by atoms with Crippen molar-refractivity contribution in [1.29, 1.82) is 0 Å². The number of allylic oxidation sites excluding steroid dienone is 5. The third kappa shape index (κ3) is 5.83. The Hall–Kier alpha value is -1.80. The Morgan fingerprint density at radius 1 is 0.714 bits per heavy atom. The first-order chi connectivity index (χ1) is 18.9. The van der Waals surface area contributed by atoms with Crippen molar-refractivity contribution in [3.63, 3.8) is 0 Å². The molecule has 2 aliphatic rings. The molecule has 3 aromatic rings. The first-order valence-electron chi connectivity index (χ1n) is 15.2. The average molecular weight is 768 g/mol. The van der Waals surface area contributed by atoms with Gasteiger partial charge in [0.1, 0.15) is 0 Å². The third-order valence-electron chi connectivity index (χ3n) is 9.99. The summed E-state index contributed by atoms with van der Waals surface area (Å²) in [6, 6.07) is 26.3. The minimum absolute atomic E-state index is 0. The molecule has 3 aromatic carbocycles. The van der Waals surface area contributed by atoms with Gasteiger partial charge in [-0.15, -0.1) is 24.8 Å². The zero-order valence-corrected chi connectivity index (χ0v) is 31.7. The number of benzene rings is 3. The molecular weight excluding hydrogens is 718 g/mol. The molecule has 0 amide bonds. The van der Waals surface area contributed by atoms with Crippen LogP contribution in [-0.4, -0.2) is 4.26 Å². The standard InChI is InChI=1S/C21H25.C6H5.C6H11.C5H5.CH2.2ClH.Hf/c1-20(2,3)16-7-9-18-14(12-16)11-15-13-17(21(4,5)6)8-10-19(15)18;1-2-4-6-5-3-1;1-3-5-6-4-2;1-2-4-5-3-1;;;;/h7-13H,1-6H3;1-5H;3H,1-2,4-6H2;1-5H;1H2;2*1H;. The van der Waals surface area contributed by atoms with E-state index in [0.717, 1.165) is 6.42 Å². The molecule has 0 fully saturated rings. The van der Waals surface area contributed by atoms with E-state index in [1.807, 2.05) is 0 Å². The predicted molar refractivity (Wildman–Crippen MR) is 190 cm³/mol. The minimum atomic E-state index is -4.47. The Kier molecular flexibility index (Phi) is 10.5. The fraction of sp³-hybridized carbons (Fsp3) is 0.359. The molecule has 0 saturated carbocycles. The average Bonchev–Trinajstić information content (AvgIpc) is 3.58. The largest absolute Gasteiger partial charge is 0.147 e. The summed E-state index contributed by atoms with van der Waals surface area (Å²) in [5.74, 6) is 0. The molecule has 0 unspecified atom stereocenters. The normalized spacial score (nSPS) is 15.1. The van der Waals surface area contributed by atoms with E-state index >= 15 is 0 Å². The molecule has 0 nitrogen and oxygen atoms in total. The number of rotatable bonds is 8. The number of unbranched alkanes of at least 4 members (excludes halogenated alkanes) is 2. The van der Waals surface area contributed by atoms with E-state index in [9.17, 15) is 0 Å². The van der Waals surface area contributed by atoms with Gasteiger partial charge in [-0.05, 0) is 0 Å². The van der Waals surface area contributed by atoms with Crippen LogP contribution >= 0.6 is 24.8 Å². The molecule has 0 N–H and O–H groups in total. The van der Waals surface area contributed by atoms with Gasteiger partial charge in [0.05, 0.1) is 0 Å². The summed E-state index contributed by atoms with van der Waals surface area (Å²) in [6.07, 6.45) is 15.1. The van der Waals surface area contributed by atoms with Crippen molar-refractivity contribution in [2.24, 2.45) is 0 Å². The van der Waals surface area contributed by atoms with Crippen molar-refractivity contribution in [2.75, 3.05) is 0 Å². The molecule has 0 saturated heterocycles. The quantitative estimate of drug-likeness (QED) is 0.122. The summed E-state index contributed by atoms with van der Waals surface area (Å²) in [7, 11) is 0. The Labute approximate surface area is 268 Å². The summed E-state index contributed by atoms with van der Waals surface area (Å²) in [6.45, 7) is 18.1. The molecule has 0 heterocycles. The fourth-order valence-electron chi connectivity index (χ4n) is 7.58. The van der Waals surface area contributed by atoms with Crippen molar-refractivity contribution >= 4 is 32.4 Å². The van der Waals surface area contributed by atoms with Crippen LogP contribution in [0.5, 0.6) is 0 Å². The van der Waals surface area contributed by atoms with E-state index in [-0.39, 0.29) is 35.6 Å². The maximum absolute atomic E-state index is 5.71. The smallest absolute Gasteiger partial charge is 0.147 e. The summed E-state index contributed by atoms with van der Waals surface area (Å²) < 4.78 is 9.18. The molecule has 42 heavy (non-hydrogen) atoms. The van der Waals surface area contributed by atoms with Gasteiger partial charge in [-0.3, -0.25) is 0 Å². The molecule has 0 spiro atoms. The molecule has 0 atom stereocenters. The van der Waals surface area contributed by atoms with Gasteiger partial charge in [-0.25, -0.2) is 0 Å². The van der Waals surface area contributed by atoms with Crippen LogP contribution in [0.4, 0.5) is 0 Å². The fourth-order valence-corrected chi connectivity index (χ4v) is 34.0. The number of hydrogen-bond donors (Lipinski definition) is 0. The van der Waals surface area contributed by atoms with Gasteiger partial charge in [0, 0.05) is 0 Å². The second-order valence-corrected chi connectivity index (χ2v) is 36.4. The monoisotopic (exact) mass is 768 g/mol. The molecule has 0 radical (unpaired) electrons. The zero-order chi connectivity index (χ0) is 28.8. The number of hydrogen-bond acceptors (Lipinski definition) is 0. The van der Waals surface area contributed by atoms with Crippen LogP contribution in [0.1, 0.15) is 86.7 Å². The van der Waals surface area contributed by atoms with Crippen LogP contribution in [0.2, 0.25) is 7.85 Å². The van der Waals surface area contributed by atoms with Crippen molar-refractivity contribution in [2.45, 2.75) is 83.2 Å². The third-order valence-corrected chi connectivity index (χ3v) is 36.8. The Balaban J connectivity index is 0.00000242. The van der Waals surface area contributed by atoms with Crippen molar-refractivity contribution in [3.8, 4) is 11.1 Å². The van der Waals surface area contributed by atoms with Crippen LogP contribution in [0.25, 0.3) is 11.1 Å². The summed E-state index contributed by atoms with van der Waals surface area (Å²) in [5, 5.41) is 0. The molecule has 0 bridgehead atoms. The SMILES string of the molecule is C=CCCC[CH2][Hf](=[CH2])([c]1ccccc1)([CH]1C=CC=C1)[CH]1c2cc(C(C)(C)C)ccc2-c2ccc(C(C)(C)C)cc21.Cl.Cl. The van der Waals surface area contributed by atoms with Crippen LogP contribution in [-0.2, 0) is 28.8 Å². The molecule has 224 valence electrons. The van der Waals surface area contributed by atoms with Gasteiger partial charge in [0.25, 0.3) is 0 Å². The minimum Gasteiger partial charge on any atom is -0.147 e. The van der Waals surface area contributed by atoms with Gasteiger partial charge in [0.2, 0.25) is 0 Å². The van der Waals surface area contributed by atoms with Crippen molar-refractivity contribution in [1.82, 2.24) is 0 Å². The maximum Gasteiger partial charge on any atom is -0.147 e. The van der Waals surface area contributed by atoms with Gasteiger partial charge in [0.15, 0.2) is 0 Å². The zero-order valence-electron chi connectivity index (χ0n) is 26.5. The predicted octanol–water partition coefficient (Wildman–Crippen LogP) is 11.3. The van der Waals surface area contributed by atoms with Crippen LogP contribution in [0, 0.1) is 0 Å². The Morgan fingerprint density at radius 3 is 1.67 bits per heavy atom. The maximum atomic E-state index is 5.71. The van der Waals surface area contributed by atoms with Gasteiger partial charge < -0.3 is 0 Å². The number of halogens is 2. The topological polar surface area (TPSA) is 0 Å². The van der Waals surface area contributed by atoms with Gasteiger partial charge in [-0.2, -0.15) is 0 Å². The molecule has 0 aliphatic heterocycles. The molecule has 0 aromatic heterocycles. The van der Waals surface area contributed by atoms with Crippen LogP contribution in [0.3, 0.4) is 0 Å². The van der Waals surface area contributed by atoms with Crippen LogP contribution in [0.15, 0.2) is 104 Å². The molecule has 3 heteroatoms. The first-order valence-corrected chi connectivity index (χ1v) is 26.3. The second kappa shape index (κ2) is 12.7. The van der Waals surface area contributed by atoms with E-state index in [0.29, 0.717) is 7.35 Å². The van der Waals surface area contributed by atoms with E-state index in [1.165, 1.54) is 50.4 Å². The first kappa shape index (κ1) is 34.7. The molecular formula is C39H50Cl2Hf. The van der Waals surface area contributed by atoms with Gasteiger partial charge in [-0.1, -0.05) is 0 Å². The number of fused-ring (bicyclic) bond motifs is 3. The molecule has 5 rings (SSSR count). The van der Waals surface area contributed by atoms with Crippen molar-refractivity contribution in [3.05, 3.63) is 126 Å². The van der Waals surface area contributed by atoms with E-state index in [2.05, 4.69) is 145 Å². The van der Waals surface area contributed by atoms with E-state index < -0.39 is 18.0 Å². The van der Waals surface area contributed by atoms with E-state index in [1.54, 1.807) is 3.32 Å². The van der Waals surface area contributed by atoms with E-state index in [4.69, 9.17) is 4.26 Å². The summed E-state index contributed by atoms with van der Waals surface area (Å²) in [4.78, 5) is 0. The Morgan fingerprint density at radius 2 is 1.21 bits per heavy atom. The molecule has 2 aliphatic carbocycles.